The molecule has 0 N–H and O–H groups in total. The molecule has 0 aliphatic carbocycles. The van der Waals surface area contributed by atoms with Gasteiger partial charge in [0.1, 0.15) is 46.0 Å². The van der Waals surface area contributed by atoms with Crippen molar-refractivity contribution in [3.63, 3.8) is 0 Å². The molecule has 20 nitrogen and oxygen atoms in total. The van der Waals surface area contributed by atoms with Crippen LogP contribution in [0.5, 0.6) is 46.0 Å². The maximum absolute atomic E-state index is 5.18. The third kappa shape index (κ3) is 27.3. The van der Waals surface area contributed by atoms with E-state index in [1.807, 2.05) is 322 Å². The number of methoxy groups -OCH3 is 8. The molecule has 22 heteroatoms. The zero-order valence-electron chi connectivity index (χ0n) is 66.7. The molecule has 0 radical (unpaired) electrons. The molecule has 8 aromatic carbocycles. The predicted molar refractivity (Wildman–Crippen MR) is 456 cm³/mol. The van der Waals surface area contributed by atoms with Crippen molar-refractivity contribution in [3.05, 3.63) is 312 Å². The van der Waals surface area contributed by atoms with Crippen LogP contribution in [0.15, 0.2) is 307 Å². The summed E-state index contributed by atoms with van der Waals surface area (Å²) < 4.78 is 41.5. The fraction of sp³-hybridized carbons (Fsp3) is 0.174. The van der Waals surface area contributed by atoms with E-state index in [0.717, 1.165) is 183 Å². The van der Waals surface area contributed by atoms with Crippen molar-refractivity contribution < 1.29 is 72.0 Å². The summed E-state index contributed by atoms with van der Waals surface area (Å²) in [6.07, 6.45) is 0. The number of pyridine rings is 4. The molecule has 0 aliphatic heterocycles. The Morgan fingerprint density at radius 2 is 0.263 bits per heavy atom. The normalized spacial score (nSPS) is 11.8. The quantitative estimate of drug-likeness (QED) is 0.0407. The fourth-order valence-corrected chi connectivity index (χ4v) is 10.6. The standard InChI is InChI=1S/4C23H23N3O2.2Fe/c4*1-16(24-18-8-12-20(27-3)13-9-18)22-6-5-7-23(26-22)17(2)25-19-10-14-21(28-4)15-11-19;;/h4*5-15H,1-4H3;;. The minimum atomic E-state index is 0. The number of aliphatic imine (C=N–C) groups is 8. The van der Waals surface area contributed by atoms with Crippen LogP contribution < -0.4 is 37.9 Å². The van der Waals surface area contributed by atoms with Crippen LogP contribution in [0.25, 0.3) is 0 Å². The number of rotatable bonds is 24. The molecule has 114 heavy (non-hydrogen) atoms. The van der Waals surface area contributed by atoms with Crippen LogP contribution in [0.1, 0.15) is 101 Å². The van der Waals surface area contributed by atoms with Crippen molar-refractivity contribution in [3.8, 4) is 46.0 Å². The van der Waals surface area contributed by atoms with Crippen LogP contribution in [-0.4, -0.2) is 123 Å². The van der Waals surface area contributed by atoms with Crippen LogP contribution >= 0.6 is 0 Å². The second-order valence-corrected chi connectivity index (χ2v) is 24.8. The van der Waals surface area contributed by atoms with Crippen LogP contribution in [0, 0.1) is 0 Å². The minimum absolute atomic E-state index is 0. The molecule has 0 aliphatic rings. The Bertz CT molecular complexity index is 4330. The molecule has 0 atom stereocenters. The van der Waals surface area contributed by atoms with Crippen LogP contribution in [0.3, 0.4) is 0 Å². The van der Waals surface area contributed by atoms with E-state index in [4.69, 9.17) is 57.8 Å². The first kappa shape index (κ1) is 88.4. The Kier molecular flexibility index (Phi) is 35.3. The molecule has 584 valence electrons. The van der Waals surface area contributed by atoms with E-state index in [0.29, 0.717) is 0 Å². The molecule has 0 fully saturated rings. The van der Waals surface area contributed by atoms with Gasteiger partial charge in [-0.05, 0) is 298 Å². The predicted octanol–water partition coefficient (Wildman–Crippen LogP) is 21.5. The molecule has 0 saturated heterocycles. The summed E-state index contributed by atoms with van der Waals surface area (Å²) in [4.78, 5) is 56.1. The van der Waals surface area contributed by atoms with E-state index in [9.17, 15) is 0 Å². The second kappa shape index (κ2) is 45.5. The summed E-state index contributed by atoms with van der Waals surface area (Å²) in [6, 6.07) is 84.4. The summed E-state index contributed by atoms with van der Waals surface area (Å²) in [7, 11) is 13.2. The van der Waals surface area contributed by atoms with E-state index in [1.54, 1.807) is 56.9 Å². The molecule has 0 saturated carbocycles. The van der Waals surface area contributed by atoms with Gasteiger partial charge in [0.15, 0.2) is 0 Å². The van der Waals surface area contributed by atoms with Gasteiger partial charge in [-0.15, -0.1) is 0 Å². The largest absolute Gasteiger partial charge is 0.497 e. The Balaban J connectivity index is 0.000000209. The van der Waals surface area contributed by atoms with Gasteiger partial charge in [0.05, 0.1) is 194 Å². The van der Waals surface area contributed by atoms with Gasteiger partial charge in [-0.1, -0.05) is 24.3 Å². The summed E-state index contributed by atoms with van der Waals surface area (Å²) in [5.74, 6) is 6.46. The fourth-order valence-electron chi connectivity index (χ4n) is 10.6. The summed E-state index contributed by atoms with van der Waals surface area (Å²) in [5, 5.41) is 0. The van der Waals surface area contributed by atoms with E-state index in [2.05, 4.69) is 39.9 Å². The average molecular weight is 1610 g/mol. The van der Waals surface area contributed by atoms with Gasteiger partial charge in [-0.2, -0.15) is 0 Å². The molecule has 0 bridgehead atoms. The molecular weight excluding hydrogens is 1510 g/mol. The Morgan fingerprint density at radius 3 is 0.351 bits per heavy atom. The summed E-state index contributed by atoms with van der Waals surface area (Å²) in [5.41, 5.74) is 20.1. The van der Waals surface area contributed by atoms with Gasteiger partial charge in [-0.3, -0.25) is 39.9 Å². The van der Waals surface area contributed by atoms with Crippen molar-refractivity contribution in [2.45, 2.75) is 55.4 Å². The second-order valence-electron chi connectivity index (χ2n) is 24.8. The summed E-state index contributed by atoms with van der Waals surface area (Å²) >= 11 is 0. The van der Waals surface area contributed by atoms with E-state index in [-0.39, 0.29) is 34.1 Å². The van der Waals surface area contributed by atoms with Crippen molar-refractivity contribution in [2.24, 2.45) is 39.9 Å². The topological polar surface area (TPSA) is 224 Å². The smallest absolute Gasteiger partial charge is 0.119 e. The van der Waals surface area contributed by atoms with Gasteiger partial charge in [0, 0.05) is 34.1 Å². The first-order valence-corrected chi connectivity index (χ1v) is 35.8. The summed E-state index contributed by atoms with van der Waals surface area (Å²) in [6.45, 7) is 15.6. The number of benzene rings is 8. The maximum atomic E-state index is 5.18. The molecule has 12 aromatic rings. The minimum Gasteiger partial charge on any atom is -0.497 e. The Labute approximate surface area is 689 Å². The third-order valence-corrected chi connectivity index (χ3v) is 16.9. The van der Waals surface area contributed by atoms with Crippen molar-refractivity contribution in [1.82, 2.24) is 19.9 Å². The van der Waals surface area contributed by atoms with E-state index in [1.165, 1.54) is 0 Å². The average Bonchev–Trinajstić information content (AvgIpc) is 0.856. The van der Waals surface area contributed by atoms with Gasteiger partial charge in [0.2, 0.25) is 0 Å². The van der Waals surface area contributed by atoms with Crippen LogP contribution in [-0.2, 0) is 34.1 Å². The molecule has 12 rings (SSSR count). The monoisotopic (exact) mass is 1600 g/mol. The van der Waals surface area contributed by atoms with Gasteiger partial charge < -0.3 is 37.9 Å². The van der Waals surface area contributed by atoms with Crippen LogP contribution in [0.2, 0.25) is 0 Å². The van der Waals surface area contributed by atoms with Crippen molar-refractivity contribution in [1.29, 1.82) is 0 Å². The number of hydrogen-bond donors (Lipinski definition) is 0. The molecule has 4 aromatic heterocycles. The number of ether oxygens (including phenoxy) is 8. The van der Waals surface area contributed by atoms with Crippen molar-refractivity contribution >= 4 is 91.2 Å². The van der Waals surface area contributed by atoms with E-state index < -0.39 is 0 Å². The van der Waals surface area contributed by atoms with E-state index >= 15 is 0 Å². The molecule has 0 unspecified atom stereocenters. The SMILES string of the molecule is COc1ccc(N=C(C)c2cccc(C(C)=Nc3ccc(OC)cc3)n2)cc1.COc1ccc(N=C(C)c2cccc(C(C)=Nc3ccc(OC)cc3)n2)cc1.COc1ccc(N=C(C)c2cccc(C(C)=Nc3ccc(OC)cc3)n2)cc1.COc1ccc(N=C(C)c2cccc(C(C)=Nc3ccc(OC)cc3)n2)cc1.[Fe].[Fe]. The van der Waals surface area contributed by atoms with Gasteiger partial charge in [0.25, 0.3) is 0 Å². The number of aromatic nitrogens is 4. The molecular formula is C92H92Fe2N12O8. The maximum Gasteiger partial charge on any atom is 0.119 e. The van der Waals surface area contributed by atoms with Gasteiger partial charge in [-0.25, -0.2) is 19.9 Å². The first-order valence-electron chi connectivity index (χ1n) is 35.8. The zero-order chi connectivity index (χ0) is 79.7. The molecule has 0 amide bonds. The molecule has 4 heterocycles. The van der Waals surface area contributed by atoms with Crippen LogP contribution in [0.4, 0.5) is 45.5 Å². The first-order chi connectivity index (χ1) is 54.3. The molecule has 0 spiro atoms. The third-order valence-electron chi connectivity index (χ3n) is 16.9. The Hall–Kier alpha value is -12.8. The van der Waals surface area contributed by atoms with Gasteiger partial charge >= 0.3 is 0 Å². The Morgan fingerprint density at radius 1 is 0.167 bits per heavy atom. The number of nitrogens with zero attached hydrogens (tertiary/aromatic N) is 12. The zero-order valence-corrected chi connectivity index (χ0v) is 69.0. The van der Waals surface area contributed by atoms with Crippen molar-refractivity contribution in [2.75, 3.05) is 56.9 Å². The number of hydrogen-bond acceptors (Lipinski definition) is 20.